The van der Waals surface area contributed by atoms with E-state index in [1.165, 1.54) is 0 Å². The van der Waals surface area contributed by atoms with E-state index in [1.54, 1.807) is 10.7 Å². The van der Waals surface area contributed by atoms with Gasteiger partial charge in [-0.1, -0.05) is 60.2 Å². The van der Waals surface area contributed by atoms with Gasteiger partial charge in [-0.3, -0.25) is 10.00 Å². The molecular weight excluding hydrogens is 328 g/mol. The van der Waals surface area contributed by atoms with Crippen LogP contribution in [0.5, 0.6) is 0 Å². The lowest BCUT2D eigenvalue weighted by atomic mass is 10.1. The van der Waals surface area contributed by atoms with Crippen molar-refractivity contribution in [3.05, 3.63) is 83.6 Å². The van der Waals surface area contributed by atoms with Gasteiger partial charge in [0.25, 0.3) is 0 Å². The molecule has 0 bridgehead atoms. The highest BCUT2D eigenvalue weighted by Gasteiger charge is 2.10. The van der Waals surface area contributed by atoms with Gasteiger partial charge >= 0.3 is 6.03 Å². The molecule has 1 aromatic heterocycles. The molecule has 1 atom stereocenters. The molecule has 6 heteroatoms. The predicted octanol–water partition coefficient (Wildman–Crippen LogP) is 3.09. The number of aromatic nitrogens is 2. The summed E-state index contributed by atoms with van der Waals surface area (Å²) in [5.74, 6) is 0.461. The Bertz CT molecular complexity index is 844. The van der Waals surface area contributed by atoms with Crippen molar-refractivity contribution in [1.29, 1.82) is 0 Å². The molecule has 0 saturated carbocycles. The average Bonchev–Trinajstić information content (AvgIpc) is 3.08. The van der Waals surface area contributed by atoms with Crippen LogP contribution in [-0.2, 0) is 6.54 Å². The zero-order chi connectivity index (χ0) is 18.4. The second-order valence-corrected chi connectivity index (χ2v) is 6.15. The third-order valence-corrected chi connectivity index (χ3v) is 3.99. The lowest BCUT2D eigenvalue weighted by molar-refractivity contribution is 0.175. The second kappa shape index (κ2) is 8.31. The number of aliphatic hydroxyl groups is 1. The molecule has 1 unspecified atom stereocenters. The first kappa shape index (κ1) is 17.7. The zero-order valence-electron chi connectivity index (χ0n) is 14.6. The van der Waals surface area contributed by atoms with E-state index >= 15 is 0 Å². The van der Waals surface area contributed by atoms with Crippen LogP contribution in [0.15, 0.2) is 66.9 Å². The number of aliphatic hydroxyl groups excluding tert-OH is 1. The number of rotatable bonds is 6. The van der Waals surface area contributed by atoms with Crippen LogP contribution in [0.1, 0.15) is 22.8 Å². The van der Waals surface area contributed by atoms with Crippen molar-refractivity contribution < 1.29 is 9.90 Å². The topological polar surface area (TPSA) is 79.2 Å². The lowest BCUT2D eigenvalue weighted by Crippen LogP contribution is -2.32. The number of aryl methyl sites for hydroxylation is 1. The number of hydrogen-bond donors (Lipinski definition) is 3. The number of nitrogens with one attached hydrogen (secondary N) is 2. The molecule has 3 aromatic rings. The summed E-state index contributed by atoms with van der Waals surface area (Å²) in [6, 6.07) is 18.9. The van der Waals surface area contributed by atoms with Gasteiger partial charge in [0, 0.05) is 18.8 Å². The van der Waals surface area contributed by atoms with E-state index in [1.807, 2.05) is 67.7 Å². The molecule has 0 radical (unpaired) electrons. The summed E-state index contributed by atoms with van der Waals surface area (Å²) in [7, 11) is 0. The van der Waals surface area contributed by atoms with Crippen molar-refractivity contribution in [1.82, 2.24) is 15.1 Å². The Kier molecular flexibility index (Phi) is 5.66. The highest BCUT2D eigenvalue weighted by atomic mass is 16.3. The molecule has 2 amide bonds. The van der Waals surface area contributed by atoms with Crippen molar-refractivity contribution in [3.63, 3.8) is 0 Å². The Morgan fingerprint density at radius 2 is 1.85 bits per heavy atom. The quantitative estimate of drug-likeness (QED) is 0.639. The molecule has 0 aliphatic rings. The monoisotopic (exact) mass is 350 g/mol. The standard InChI is InChI=1S/C20H22N4O2/c1-15-7-9-17(10-8-15)18(25)13-21-20(26)22-19-11-12-24(23-19)14-16-5-3-2-4-6-16/h2-12,18,25H,13-14H2,1H3,(H2,21,22,23,26). The molecule has 0 spiro atoms. The van der Waals surface area contributed by atoms with E-state index in [-0.39, 0.29) is 6.54 Å². The number of nitrogens with zero attached hydrogens (tertiary/aromatic N) is 2. The van der Waals surface area contributed by atoms with Crippen molar-refractivity contribution in [3.8, 4) is 0 Å². The van der Waals surface area contributed by atoms with Crippen LogP contribution in [0.2, 0.25) is 0 Å². The highest BCUT2D eigenvalue weighted by Crippen LogP contribution is 2.12. The Hall–Kier alpha value is -3.12. The summed E-state index contributed by atoms with van der Waals surface area (Å²) in [6.45, 7) is 2.74. The van der Waals surface area contributed by atoms with Crippen LogP contribution < -0.4 is 10.6 Å². The van der Waals surface area contributed by atoms with Crippen molar-refractivity contribution in [2.24, 2.45) is 0 Å². The first-order chi connectivity index (χ1) is 12.6. The molecule has 1 heterocycles. The molecule has 2 aromatic carbocycles. The lowest BCUT2D eigenvalue weighted by Gasteiger charge is -2.12. The van der Waals surface area contributed by atoms with Gasteiger partial charge in [-0.15, -0.1) is 0 Å². The summed E-state index contributed by atoms with van der Waals surface area (Å²) in [4.78, 5) is 12.0. The maximum atomic E-state index is 12.0. The largest absolute Gasteiger partial charge is 0.387 e. The SMILES string of the molecule is Cc1ccc(C(O)CNC(=O)Nc2ccn(Cc3ccccc3)n2)cc1. The number of anilines is 1. The van der Waals surface area contributed by atoms with Gasteiger partial charge in [0.2, 0.25) is 0 Å². The zero-order valence-corrected chi connectivity index (χ0v) is 14.6. The fraction of sp³-hybridized carbons (Fsp3) is 0.200. The molecular formula is C20H22N4O2. The van der Waals surface area contributed by atoms with Crippen LogP contribution >= 0.6 is 0 Å². The van der Waals surface area contributed by atoms with E-state index in [0.717, 1.165) is 16.7 Å². The first-order valence-electron chi connectivity index (χ1n) is 8.47. The minimum absolute atomic E-state index is 0.125. The van der Waals surface area contributed by atoms with Gasteiger partial charge in [-0.05, 0) is 18.1 Å². The summed E-state index contributed by atoms with van der Waals surface area (Å²) >= 11 is 0. The minimum atomic E-state index is -0.753. The summed E-state index contributed by atoms with van der Waals surface area (Å²) in [5, 5.41) is 19.8. The van der Waals surface area contributed by atoms with Gasteiger partial charge in [0.1, 0.15) is 0 Å². The number of carbonyl (C=O) groups excluding carboxylic acids is 1. The maximum Gasteiger partial charge on any atom is 0.320 e. The van der Waals surface area contributed by atoms with Crippen LogP contribution in [-0.4, -0.2) is 27.5 Å². The first-order valence-corrected chi connectivity index (χ1v) is 8.47. The molecule has 0 aliphatic carbocycles. The van der Waals surface area contributed by atoms with E-state index < -0.39 is 12.1 Å². The van der Waals surface area contributed by atoms with Crippen LogP contribution in [0.3, 0.4) is 0 Å². The molecule has 6 nitrogen and oxygen atoms in total. The molecule has 0 saturated heterocycles. The van der Waals surface area contributed by atoms with Crippen molar-refractivity contribution >= 4 is 11.8 Å². The Labute approximate surface area is 152 Å². The van der Waals surface area contributed by atoms with Gasteiger partial charge in [-0.25, -0.2) is 4.79 Å². The van der Waals surface area contributed by atoms with Crippen LogP contribution in [0.4, 0.5) is 10.6 Å². The van der Waals surface area contributed by atoms with E-state index in [2.05, 4.69) is 15.7 Å². The molecule has 3 rings (SSSR count). The van der Waals surface area contributed by atoms with Crippen molar-refractivity contribution in [2.45, 2.75) is 19.6 Å². The molecule has 26 heavy (non-hydrogen) atoms. The van der Waals surface area contributed by atoms with E-state index in [9.17, 15) is 9.90 Å². The molecule has 0 fully saturated rings. The fourth-order valence-corrected chi connectivity index (χ4v) is 2.54. The number of hydrogen-bond acceptors (Lipinski definition) is 3. The summed E-state index contributed by atoms with van der Waals surface area (Å²) in [6.07, 6.45) is 1.06. The van der Waals surface area contributed by atoms with Crippen LogP contribution in [0, 0.1) is 6.92 Å². The van der Waals surface area contributed by atoms with Crippen molar-refractivity contribution in [2.75, 3.05) is 11.9 Å². The minimum Gasteiger partial charge on any atom is -0.387 e. The van der Waals surface area contributed by atoms with Gasteiger partial charge < -0.3 is 10.4 Å². The van der Waals surface area contributed by atoms with Gasteiger partial charge in [0.15, 0.2) is 5.82 Å². The predicted molar refractivity (Wildman–Crippen MR) is 101 cm³/mol. The Morgan fingerprint density at radius 3 is 2.58 bits per heavy atom. The normalized spacial score (nSPS) is 11.8. The molecule has 0 aliphatic heterocycles. The third-order valence-electron chi connectivity index (χ3n) is 3.99. The number of amides is 2. The van der Waals surface area contributed by atoms with E-state index in [0.29, 0.717) is 12.4 Å². The number of urea groups is 1. The van der Waals surface area contributed by atoms with E-state index in [4.69, 9.17) is 0 Å². The second-order valence-electron chi connectivity index (χ2n) is 6.15. The third kappa shape index (κ3) is 4.94. The fourth-order valence-electron chi connectivity index (χ4n) is 2.54. The highest BCUT2D eigenvalue weighted by molar-refractivity contribution is 5.88. The Morgan fingerprint density at radius 1 is 1.12 bits per heavy atom. The molecule has 3 N–H and O–H groups in total. The summed E-state index contributed by atoms with van der Waals surface area (Å²) in [5.41, 5.74) is 3.02. The van der Waals surface area contributed by atoms with Gasteiger partial charge in [0.05, 0.1) is 12.6 Å². The average molecular weight is 350 g/mol. The maximum absolute atomic E-state index is 12.0. The Balaban J connectivity index is 1.48. The number of carbonyl (C=O) groups is 1. The molecule has 134 valence electrons. The van der Waals surface area contributed by atoms with Crippen LogP contribution in [0.25, 0.3) is 0 Å². The number of benzene rings is 2. The van der Waals surface area contributed by atoms with Gasteiger partial charge in [-0.2, -0.15) is 5.10 Å². The smallest absolute Gasteiger partial charge is 0.320 e. The summed E-state index contributed by atoms with van der Waals surface area (Å²) < 4.78 is 1.76.